The number of hydrogen-bond acceptors (Lipinski definition) is 4. The lowest BCUT2D eigenvalue weighted by atomic mass is 10.0. The van der Waals surface area contributed by atoms with Crippen molar-refractivity contribution in [1.82, 2.24) is 10.2 Å². The number of carbonyl (C=O) groups excluding carboxylic acids is 2. The third kappa shape index (κ3) is 8.46. The molecule has 0 aliphatic carbocycles. The summed E-state index contributed by atoms with van der Waals surface area (Å²) in [5.41, 5.74) is 1.97. The van der Waals surface area contributed by atoms with Gasteiger partial charge in [0.25, 0.3) is 10.0 Å². The Hall–Kier alpha value is -4.14. The van der Waals surface area contributed by atoms with Gasteiger partial charge in [-0.25, -0.2) is 8.42 Å². The van der Waals surface area contributed by atoms with Gasteiger partial charge in [0, 0.05) is 24.0 Å². The van der Waals surface area contributed by atoms with Crippen LogP contribution >= 0.6 is 11.6 Å². The second-order valence-corrected chi connectivity index (χ2v) is 12.6. The van der Waals surface area contributed by atoms with E-state index in [9.17, 15) is 18.0 Å². The Balaban J connectivity index is 1.78. The molecule has 0 saturated carbocycles. The molecule has 7 nitrogen and oxygen atoms in total. The SMILES string of the molecule is CC[C@@H](C)NC(=O)[C@H](Cc1ccccc1)N(Cc1ccc(Cl)cc1)C(=O)CN(c1ccccc1)S(=O)(=O)c1ccccc1. The van der Waals surface area contributed by atoms with Gasteiger partial charge in [-0.15, -0.1) is 0 Å². The molecule has 0 aliphatic heterocycles. The van der Waals surface area contributed by atoms with Gasteiger partial charge < -0.3 is 10.2 Å². The van der Waals surface area contributed by atoms with E-state index in [4.69, 9.17) is 11.6 Å². The van der Waals surface area contributed by atoms with Crippen molar-refractivity contribution >= 4 is 39.1 Å². The van der Waals surface area contributed by atoms with Crippen LogP contribution in [0.3, 0.4) is 0 Å². The lowest BCUT2D eigenvalue weighted by Crippen LogP contribution is -2.54. The summed E-state index contributed by atoms with van der Waals surface area (Å²) in [7, 11) is -4.12. The third-order valence-corrected chi connectivity index (χ3v) is 9.23. The molecule has 1 N–H and O–H groups in total. The maximum absolute atomic E-state index is 14.4. The minimum absolute atomic E-state index is 0.0613. The van der Waals surface area contributed by atoms with Crippen LogP contribution in [0.1, 0.15) is 31.4 Å². The normalized spacial score (nSPS) is 12.6. The molecule has 0 radical (unpaired) electrons. The minimum atomic E-state index is -4.12. The molecule has 0 saturated heterocycles. The molecule has 4 rings (SSSR count). The van der Waals surface area contributed by atoms with Crippen LogP contribution in [0.15, 0.2) is 120 Å². The Kier molecular flexibility index (Phi) is 11.0. The monoisotopic (exact) mass is 617 g/mol. The molecule has 4 aromatic carbocycles. The largest absolute Gasteiger partial charge is 0.352 e. The molecule has 0 fully saturated rings. The zero-order valence-electron chi connectivity index (χ0n) is 24.3. The minimum Gasteiger partial charge on any atom is -0.352 e. The van der Waals surface area contributed by atoms with E-state index in [1.807, 2.05) is 44.2 Å². The predicted molar refractivity (Wildman–Crippen MR) is 171 cm³/mol. The number of sulfonamides is 1. The molecule has 0 unspecified atom stereocenters. The summed E-state index contributed by atoms with van der Waals surface area (Å²) in [6, 6.07) is 32.0. The Morgan fingerprint density at radius 2 is 1.35 bits per heavy atom. The highest BCUT2D eigenvalue weighted by Crippen LogP contribution is 2.25. The summed E-state index contributed by atoms with van der Waals surface area (Å²) < 4.78 is 29.0. The molecule has 9 heteroatoms. The number of nitrogens with one attached hydrogen (secondary N) is 1. The molecule has 0 spiro atoms. The van der Waals surface area contributed by atoms with Gasteiger partial charge in [-0.05, 0) is 60.9 Å². The highest BCUT2D eigenvalue weighted by Gasteiger charge is 2.34. The summed E-state index contributed by atoms with van der Waals surface area (Å²) in [6.07, 6.45) is 0.964. The number of carbonyl (C=O) groups is 2. The van der Waals surface area contributed by atoms with Crippen LogP contribution in [0.2, 0.25) is 5.02 Å². The number of benzene rings is 4. The van der Waals surface area contributed by atoms with E-state index < -0.39 is 28.5 Å². The topological polar surface area (TPSA) is 86.8 Å². The lowest BCUT2D eigenvalue weighted by Gasteiger charge is -2.34. The Labute approximate surface area is 259 Å². The van der Waals surface area contributed by atoms with Crippen molar-refractivity contribution in [3.63, 3.8) is 0 Å². The fourth-order valence-corrected chi connectivity index (χ4v) is 6.19. The van der Waals surface area contributed by atoms with Crippen LogP contribution in [0.4, 0.5) is 5.69 Å². The lowest BCUT2D eigenvalue weighted by molar-refractivity contribution is -0.140. The molecule has 0 aromatic heterocycles. The quantitative estimate of drug-likeness (QED) is 0.197. The van der Waals surface area contributed by atoms with Gasteiger partial charge in [0.15, 0.2) is 0 Å². The predicted octanol–water partition coefficient (Wildman–Crippen LogP) is 6.09. The molecule has 43 heavy (non-hydrogen) atoms. The first-order valence-electron chi connectivity index (χ1n) is 14.2. The van der Waals surface area contributed by atoms with Crippen LogP contribution in [0.25, 0.3) is 0 Å². The molecule has 0 heterocycles. The highest BCUT2D eigenvalue weighted by atomic mass is 35.5. The zero-order chi connectivity index (χ0) is 30.8. The van der Waals surface area contributed by atoms with E-state index in [1.54, 1.807) is 72.8 Å². The Morgan fingerprint density at radius 3 is 1.93 bits per heavy atom. The Morgan fingerprint density at radius 1 is 0.791 bits per heavy atom. The van der Waals surface area contributed by atoms with Crippen LogP contribution in [0.5, 0.6) is 0 Å². The second kappa shape index (κ2) is 14.8. The second-order valence-electron chi connectivity index (χ2n) is 10.3. The maximum Gasteiger partial charge on any atom is 0.264 e. The van der Waals surface area contributed by atoms with E-state index in [2.05, 4.69) is 5.32 Å². The Bertz CT molecular complexity index is 1590. The van der Waals surface area contributed by atoms with Crippen molar-refractivity contribution < 1.29 is 18.0 Å². The van der Waals surface area contributed by atoms with E-state index in [0.717, 1.165) is 15.4 Å². The van der Waals surface area contributed by atoms with Crippen LogP contribution in [-0.4, -0.2) is 43.8 Å². The third-order valence-electron chi connectivity index (χ3n) is 7.19. The number of halogens is 1. The number of rotatable bonds is 13. The van der Waals surface area contributed by atoms with Gasteiger partial charge in [0.2, 0.25) is 11.8 Å². The smallest absolute Gasteiger partial charge is 0.264 e. The van der Waals surface area contributed by atoms with Crippen LogP contribution < -0.4 is 9.62 Å². The molecular weight excluding hydrogens is 582 g/mol. The number of para-hydroxylation sites is 1. The number of nitrogens with zero attached hydrogens (tertiary/aromatic N) is 2. The van der Waals surface area contributed by atoms with Crippen molar-refractivity contribution in [3.8, 4) is 0 Å². The van der Waals surface area contributed by atoms with Gasteiger partial charge >= 0.3 is 0 Å². The first-order valence-corrected chi connectivity index (χ1v) is 16.0. The molecule has 0 aliphatic rings. The molecule has 0 bridgehead atoms. The van der Waals surface area contributed by atoms with Crippen molar-refractivity contribution in [1.29, 1.82) is 0 Å². The first kappa shape index (κ1) is 31.8. The van der Waals surface area contributed by atoms with Gasteiger partial charge in [0.1, 0.15) is 12.6 Å². The van der Waals surface area contributed by atoms with E-state index in [-0.39, 0.29) is 29.8 Å². The molecule has 224 valence electrons. The summed E-state index contributed by atoms with van der Waals surface area (Å²) in [5.74, 6) is -0.823. The van der Waals surface area contributed by atoms with Crippen molar-refractivity contribution in [2.75, 3.05) is 10.8 Å². The van der Waals surface area contributed by atoms with Gasteiger partial charge in [0.05, 0.1) is 10.6 Å². The van der Waals surface area contributed by atoms with Gasteiger partial charge in [-0.2, -0.15) is 0 Å². The fourth-order valence-electron chi connectivity index (χ4n) is 4.62. The van der Waals surface area contributed by atoms with E-state index >= 15 is 0 Å². The maximum atomic E-state index is 14.4. The molecular formula is C34H36ClN3O4S. The van der Waals surface area contributed by atoms with E-state index in [1.165, 1.54) is 17.0 Å². The fraction of sp³-hybridized carbons (Fsp3) is 0.235. The summed E-state index contributed by atoms with van der Waals surface area (Å²) in [6.45, 7) is 3.46. The van der Waals surface area contributed by atoms with Crippen molar-refractivity contribution in [2.24, 2.45) is 0 Å². The van der Waals surface area contributed by atoms with E-state index in [0.29, 0.717) is 17.1 Å². The zero-order valence-corrected chi connectivity index (χ0v) is 25.8. The average Bonchev–Trinajstić information content (AvgIpc) is 3.03. The summed E-state index contributed by atoms with van der Waals surface area (Å²) >= 11 is 6.13. The first-order chi connectivity index (χ1) is 20.7. The van der Waals surface area contributed by atoms with Crippen LogP contribution in [0, 0.1) is 0 Å². The molecule has 2 atom stereocenters. The standard InChI is InChI=1S/C34H36ClN3O4S/c1-3-26(2)36-34(40)32(23-27-13-7-4-8-14-27)37(24-28-19-21-29(35)22-20-28)33(39)25-38(30-15-9-5-10-16-30)43(41,42)31-17-11-6-12-18-31/h4-22,26,32H,3,23-25H2,1-2H3,(H,36,40)/t26-,32+/m1/s1. The average molecular weight is 618 g/mol. The highest BCUT2D eigenvalue weighted by molar-refractivity contribution is 7.92. The molecule has 2 amide bonds. The van der Waals surface area contributed by atoms with Crippen molar-refractivity contribution in [2.45, 2.75) is 50.2 Å². The number of amides is 2. The summed E-state index contributed by atoms with van der Waals surface area (Å²) in [4.78, 5) is 29.7. The van der Waals surface area contributed by atoms with Gasteiger partial charge in [-0.1, -0.05) is 97.4 Å². The number of hydrogen-bond donors (Lipinski definition) is 1. The number of anilines is 1. The van der Waals surface area contributed by atoms with Gasteiger partial charge in [-0.3, -0.25) is 13.9 Å². The molecule has 4 aromatic rings. The summed E-state index contributed by atoms with van der Waals surface area (Å²) in [5, 5.41) is 3.58. The van der Waals surface area contributed by atoms with Crippen LogP contribution in [-0.2, 0) is 32.6 Å². The van der Waals surface area contributed by atoms with Crippen molar-refractivity contribution in [3.05, 3.63) is 131 Å².